The Hall–Kier alpha value is -2.80. The van der Waals surface area contributed by atoms with E-state index in [2.05, 4.69) is 6.58 Å². The van der Waals surface area contributed by atoms with E-state index in [4.69, 9.17) is 23.7 Å². The number of esters is 2. The maximum atomic E-state index is 13.8. The fourth-order valence-corrected chi connectivity index (χ4v) is 10.1. The van der Waals surface area contributed by atoms with Gasteiger partial charge in [-0.25, -0.2) is 9.59 Å². The van der Waals surface area contributed by atoms with Gasteiger partial charge in [0.05, 0.1) is 25.2 Å². The summed E-state index contributed by atoms with van der Waals surface area (Å²) in [6, 6.07) is 0. The first-order chi connectivity index (χ1) is 22.4. The molecule has 12 heteroatoms. The number of hydrogen-bond acceptors (Lipinski definition) is 12. The molecular formula is C36H52O12. The first kappa shape index (κ1) is 36.5. The molecule has 2 heterocycles. The monoisotopic (exact) mass is 676 g/mol. The first-order valence-electron chi connectivity index (χ1n) is 17.2. The van der Waals surface area contributed by atoms with E-state index in [0.29, 0.717) is 12.0 Å². The van der Waals surface area contributed by atoms with Crippen molar-refractivity contribution in [1.29, 1.82) is 0 Å². The van der Waals surface area contributed by atoms with Gasteiger partial charge in [-0.15, -0.1) is 6.58 Å². The fraction of sp³-hybridized carbons (Fsp3) is 0.778. The van der Waals surface area contributed by atoms with E-state index in [1.54, 1.807) is 54.5 Å². The predicted molar refractivity (Wildman–Crippen MR) is 170 cm³/mol. The lowest BCUT2D eigenvalue weighted by Crippen LogP contribution is -2.78. The highest BCUT2D eigenvalue weighted by Gasteiger charge is 2.84. The third-order valence-electron chi connectivity index (χ3n) is 12.5. The van der Waals surface area contributed by atoms with E-state index >= 15 is 0 Å². The molecule has 0 radical (unpaired) electrons. The van der Waals surface area contributed by atoms with E-state index < -0.39 is 94.2 Å². The summed E-state index contributed by atoms with van der Waals surface area (Å²) in [5.41, 5.74) is -3.35. The summed E-state index contributed by atoms with van der Waals surface area (Å²) in [5.74, 6) is -8.28. The zero-order chi connectivity index (χ0) is 35.6. The van der Waals surface area contributed by atoms with E-state index in [-0.39, 0.29) is 37.9 Å². The molecule has 2 saturated carbocycles. The molecule has 48 heavy (non-hydrogen) atoms. The largest absolute Gasteiger partial charge is 0.509 e. The molecule has 12 nitrogen and oxygen atoms in total. The van der Waals surface area contributed by atoms with Crippen LogP contribution >= 0.6 is 0 Å². The van der Waals surface area contributed by atoms with E-state index in [9.17, 15) is 34.5 Å². The summed E-state index contributed by atoms with van der Waals surface area (Å²) in [5, 5.41) is 35.4. The van der Waals surface area contributed by atoms with Crippen LogP contribution in [0.4, 0.5) is 4.79 Å². The van der Waals surface area contributed by atoms with Crippen molar-refractivity contribution in [1.82, 2.24) is 0 Å². The Morgan fingerprint density at radius 2 is 1.83 bits per heavy atom. The minimum atomic E-state index is -2.22. The van der Waals surface area contributed by atoms with Crippen LogP contribution in [0.1, 0.15) is 80.6 Å². The number of ether oxygens (including phenoxy) is 5. The molecule has 3 aliphatic carbocycles. The van der Waals surface area contributed by atoms with E-state index in [0.717, 1.165) is 12.8 Å². The van der Waals surface area contributed by atoms with Gasteiger partial charge in [-0.3, -0.25) is 9.59 Å². The molecule has 2 saturated heterocycles. The number of rotatable bonds is 11. The topological polar surface area (TPSA) is 175 Å². The smallest absolute Gasteiger partial charge is 0.459 e. The van der Waals surface area contributed by atoms with Crippen molar-refractivity contribution in [3.63, 3.8) is 0 Å². The van der Waals surface area contributed by atoms with E-state index in [1.807, 2.05) is 0 Å². The van der Waals surface area contributed by atoms with Gasteiger partial charge in [0.2, 0.25) is 6.10 Å². The second-order valence-electron chi connectivity index (χ2n) is 15.6. The average molecular weight is 677 g/mol. The molecule has 0 aromatic carbocycles. The lowest BCUT2D eigenvalue weighted by molar-refractivity contribution is -0.340. The van der Waals surface area contributed by atoms with E-state index in [1.165, 1.54) is 6.08 Å². The molecule has 11 atom stereocenters. The molecule has 3 N–H and O–H groups in total. The molecule has 0 aromatic heterocycles. The van der Waals surface area contributed by atoms with Crippen LogP contribution < -0.4 is 0 Å². The third-order valence-corrected chi connectivity index (χ3v) is 12.5. The van der Waals surface area contributed by atoms with Gasteiger partial charge in [0.25, 0.3) is 0 Å². The van der Waals surface area contributed by atoms with Gasteiger partial charge in [-0.05, 0) is 62.4 Å². The Kier molecular flexibility index (Phi) is 9.75. The van der Waals surface area contributed by atoms with Crippen LogP contribution in [0.3, 0.4) is 0 Å². The molecule has 0 amide bonds. The normalized spacial score (nSPS) is 40.0. The quantitative estimate of drug-likeness (QED) is 0.126. The second kappa shape index (κ2) is 12.8. The zero-order valence-corrected chi connectivity index (χ0v) is 29.1. The van der Waals surface area contributed by atoms with Crippen molar-refractivity contribution < 1.29 is 58.2 Å². The molecule has 1 spiro atoms. The van der Waals surface area contributed by atoms with Crippen LogP contribution in [-0.2, 0) is 38.1 Å². The molecule has 5 aliphatic rings. The predicted octanol–water partition coefficient (Wildman–Crippen LogP) is 3.64. The maximum Gasteiger partial charge on any atom is 0.509 e. The van der Waals surface area contributed by atoms with Gasteiger partial charge >= 0.3 is 18.1 Å². The Labute approximate surface area is 282 Å². The summed E-state index contributed by atoms with van der Waals surface area (Å²) in [6.45, 7) is 15.9. The minimum absolute atomic E-state index is 0.0785. The summed E-state index contributed by atoms with van der Waals surface area (Å²) in [4.78, 5) is 54.0. The number of fused-ring (bicyclic) bond motifs is 1. The Morgan fingerprint density at radius 1 is 1.17 bits per heavy atom. The van der Waals surface area contributed by atoms with Gasteiger partial charge in [0.1, 0.15) is 12.2 Å². The number of aliphatic hydroxyl groups excluding tert-OH is 1. The van der Waals surface area contributed by atoms with Crippen LogP contribution in [0.15, 0.2) is 24.3 Å². The minimum Gasteiger partial charge on any atom is -0.459 e. The number of ketones is 1. The zero-order valence-electron chi connectivity index (χ0n) is 29.1. The maximum absolute atomic E-state index is 13.8. The number of hydrogen-bond donors (Lipinski definition) is 3. The first-order valence-corrected chi connectivity index (χ1v) is 17.2. The molecule has 268 valence electrons. The highest BCUT2D eigenvalue weighted by atomic mass is 16.7. The van der Waals surface area contributed by atoms with Crippen molar-refractivity contribution in [2.24, 2.45) is 46.3 Å². The molecule has 5 unspecified atom stereocenters. The molecular weight excluding hydrogens is 624 g/mol. The van der Waals surface area contributed by atoms with Crippen LogP contribution in [0.2, 0.25) is 0 Å². The number of carbonyl (C=O) groups is 4. The number of allylic oxidation sites excluding steroid dienone is 2. The van der Waals surface area contributed by atoms with Crippen LogP contribution in [0.25, 0.3) is 0 Å². The van der Waals surface area contributed by atoms with Gasteiger partial charge in [-0.1, -0.05) is 53.2 Å². The number of aliphatic hydroxyl groups is 3. The Balaban J connectivity index is 1.54. The van der Waals surface area contributed by atoms with Crippen molar-refractivity contribution in [2.45, 2.75) is 116 Å². The SMILES string of the molecule is C=CCCCCOC(=O)O[C@@H]1C(=O)C=C(C)[C@@H]2C[C@H]3OC(=O)C(OC(=O)CC(O)(C(C)C)C(C)C)C4C(C)[C@@H](O)[C@@]5(O)OC[C@@]43C5C12C. The second-order valence-corrected chi connectivity index (χ2v) is 15.6. The van der Waals surface area contributed by atoms with Crippen LogP contribution in [0, 0.1) is 46.3 Å². The summed E-state index contributed by atoms with van der Waals surface area (Å²) in [7, 11) is 0. The van der Waals surface area contributed by atoms with Gasteiger partial charge < -0.3 is 39.0 Å². The molecule has 5 rings (SSSR count). The number of carbonyl (C=O) groups excluding carboxylic acids is 4. The molecule has 0 aromatic rings. The van der Waals surface area contributed by atoms with Crippen molar-refractivity contribution in [3.05, 3.63) is 24.3 Å². The average Bonchev–Trinajstić information content (AvgIpc) is 3.29. The Morgan fingerprint density at radius 3 is 2.46 bits per heavy atom. The van der Waals surface area contributed by atoms with Crippen molar-refractivity contribution in [3.8, 4) is 0 Å². The van der Waals surface area contributed by atoms with Crippen molar-refractivity contribution >= 4 is 23.9 Å². The van der Waals surface area contributed by atoms with Crippen molar-refractivity contribution in [2.75, 3.05) is 13.2 Å². The standard InChI is InChI=1S/C36H52O12/c1-9-10-11-12-13-44-32(41)48-29-23(37)14-20(6)22-15-24-34-17-45-36(43,31(34)33(22,29)8)28(39)21(7)26(34)27(30(40)46-24)47-25(38)16-35(42,18(2)3)19(4)5/h9,14,18-19,21-22,24,26-29,31,39,42-43H,1,10-13,15-17H2,2-8H3/t21?,22-,24+,26?,27?,28+,29+,31?,33?,34-,36+/m0/s1. The molecule has 2 aliphatic heterocycles. The fourth-order valence-electron chi connectivity index (χ4n) is 10.1. The Bertz CT molecular complexity index is 1350. The van der Waals surface area contributed by atoms with Crippen LogP contribution in [0.5, 0.6) is 0 Å². The summed E-state index contributed by atoms with van der Waals surface area (Å²) >= 11 is 0. The summed E-state index contributed by atoms with van der Waals surface area (Å²) in [6.07, 6.45) is -1.27. The lowest BCUT2D eigenvalue weighted by Gasteiger charge is -2.68. The number of unbranched alkanes of at least 4 members (excludes halogenated alkanes) is 2. The third kappa shape index (κ3) is 5.32. The van der Waals surface area contributed by atoms with Gasteiger partial charge in [0, 0.05) is 22.7 Å². The highest BCUT2D eigenvalue weighted by molar-refractivity contribution is 5.97. The lowest BCUT2D eigenvalue weighted by atomic mass is 9.38. The highest BCUT2D eigenvalue weighted by Crippen LogP contribution is 2.74. The van der Waals surface area contributed by atoms with Crippen LogP contribution in [-0.4, -0.2) is 88.2 Å². The van der Waals surface area contributed by atoms with Gasteiger partial charge in [0.15, 0.2) is 17.7 Å². The molecule has 2 bridgehead atoms. The summed E-state index contributed by atoms with van der Waals surface area (Å²) < 4.78 is 29.2. The molecule has 4 fully saturated rings. The van der Waals surface area contributed by atoms with Gasteiger partial charge in [-0.2, -0.15) is 0 Å².